The summed E-state index contributed by atoms with van der Waals surface area (Å²) in [5.41, 5.74) is 3.61. The standard InChI is InChI=1S/C20H23NO3/c1-14(22)21-12-16-6-3-5-15(9-16)10-17-11-18-7-4-8-19(23-2)20(18)24-13-17/h3-9,17H,10-13H2,1-2H3,(H,21,22)/t17-/m1/s1. The van der Waals surface area contributed by atoms with E-state index in [0.29, 0.717) is 19.1 Å². The van der Waals surface area contributed by atoms with Crippen molar-refractivity contribution in [1.82, 2.24) is 5.32 Å². The van der Waals surface area contributed by atoms with Gasteiger partial charge in [-0.05, 0) is 35.6 Å². The van der Waals surface area contributed by atoms with Crippen molar-refractivity contribution >= 4 is 5.91 Å². The van der Waals surface area contributed by atoms with Gasteiger partial charge in [0.1, 0.15) is 0 Å². The van der Waals surface area contributed by atoms with Crippen LogP contribution in [0.25, 0.3) is 0 Å². The largest absolute Gasteiger partial charge is 0.493 e. The van der Waals surface area contributed by atoms with Crippen LogP contribution < -0.4 is 14.8 Å². The fourth-order valence-electron chi connectivity index (χ4n) is 3.18. The molecule has 24 heavy (non-hydrogen) atoms. The molecule has 1 atom stereocenters. The first-order chi connectivity index (χ1) is 11.7. The average Bonchev–Trinajstić information content (AvgIpc) is 2.59. The maximum atomic E-state index is 11.1. The van der Waals surface area contributed by atoms with E-state index in [4.69, 9.17) is 9.47 Å². The molecule has 0 aliphatic carbocycles. The van der Waals surface area contributed by atoms with E-state index >= 15 is 0 Å². The third-order valence-corrected chi connectivity index (χ3v) is 4.31. The van der Waals surface area contributed by atoms with Crippen LogP contribution in [0.5, 0.6) is 11.5 Å². The highest BCUT2D eigenvalue weighted by Crippen LogP contribution is 2.36. The number of fused-ring (bicyclic) bond motifs is 1. The number of methoxy groups -OCH3 is 1. The molecule has 1 N–H and O–H groups in total. The molecule has 4 heteroatoms. The monoisotopic (exact) mass is 325 g/mol. The minimum absolute atomic E-state index is 0.00774. The fraction of sp³-hybridized carbons (Fsp3) is 0.350. The molecule has 0 bridgehead atoms. The lowest BCUT2D eigenvalue weighted by molar-refractivity contribution is -0.119. The first-order valence-electron chi connectivity index (χ1n) is 8.26. The molecule has 0 unspecified atom stereocenters. The zero-order valence-corrected chi connectivity index (χ0v) is 14.2. The van der Waals surface area contributed by atoms with Gasteiger partial charge in [0.05, 0.1) is 13.7 Å². The van der Waals surface area contributed by atoms with Gasteiger partial charge in [0.2, 0.25) is 5.91 Å². The molecule has 4 nitrogen and oxygen atoms in total. The molecule has 2 aromatic rings. The molecule has 2 aromatic carbocycles. The highest BCUT2D eigenvalue weighted by molar-refractivity contribution is 5.72. The second-order valence-electron chi connectivity index (χ2n) is 6.26. The van der Waals surface area contributed by atoms with Crippen molar-refractivity contribution in [2.24, 2.45) is 5.92 Å². The van der Waals surface area contributed by atoms with Crippen molar-refractivity contribution in [2.75, 3.05) is 13.7 Å². The van der Waals surface area contributed by atoms with Gasteiger partial charge in [0, 0.05) is 19.4 Å². The van der Waals surface area contributed by atoms with Crippen LogP contribution >= 0.6 is 0 Å². The first-order valence-corrected chi connectivity index (χ1v) is 8.26. The van der Waals surface area contributed by atoms with Crippen molar-refractivity contribution in [3.05, 3.63) is 59.2 Å². The lowest BCUT2D eigenvalue weighted by Gasteiger charge is -2.26. The molecule has 0 aromatic heterocycles. The van der Waals surface area contributed by atoms with Gasteiger partial charge in [-0.2, -0.15) is 0 Å². The van der Waals surface area contributed by atoms with Crippen LogP contribution in [0.1, 0.15) is 23.6 Å². The van der Waals surface area contributed by atoms with Gasteiger partial charge in [-0.1, -0.05) is 36.4 Å². The van der Waals surface area contributed by atoms with Crippen LogP contribution in [0.4, 0.5) is 0 Å². The highest BCUT2D eigenvalue weighted by atomic mass is 16.5. The Morgan fingerprint density at radius 2 is 2.04 bits per heavy atom. The van der Waals surface area contributed by atoms with Gasteiger partial charge in [-0.3, -0.25) is 4.79 Å². The number of hydrogen-bond donors (Lipinski definition) is 1. The number of benzene rings is 2. The molecular weight excluding hydrogens is 302 g/mol. The van der Waals surface area contributed by atoms with E-state index in [9.17, 15) is 4.79 Å². The van der Waals surface area contributed by atoms with Gasteiger partial charge in [-0.15, -0.1) is 0 Å². The topological polar surface area (TPSA) is 47.6 Å². The number of amides is 1. The second kappa shape index (κ2) is 7.39. The SMILES string of the molecule is COc1cccc2c1OC[C@H](Cc1cccc(CNC(C)=O)c1)C2. The summed E-state index contributed by atoms with van der Waals surface area (Å²) in [5, 5.41) is 2.84. The number of ether oxygens (including phenoxy) is 2. The summed E-state index contributed by atoms with van der Waals surface area (Å²) in [6, 6.07) is 14.4. The number of nitrogens with one attached hydrogen (secondary N) is 1. The van der Waals surface area contributed by atoms with Crippen LogP contribution in [-0.2, 0) is 24.2 Å². The van der Waals surface area contributed by atoms with Gasteiger partial charge in [0.25, 0.3) is 0 Å². The summed E-state index contributed by atoms with van der Waals surface area (Å²) in [7, 11) is 1.67. The van der Waals surface area contributed by atoms with Crippen molar-refractivity contribution in [2.45, 2.75) is 26.3 Å². The minimum Gasteiger partial charge on any atom is -0.493 e. The van der Waals surface area contributed by atoms with E-state index in [0.717, 1.165) is 29.9 Å². The summed E-state index contributed by atoms with van der Waals surface area (Å²) in [4.78, 5) is 11.1. The summed E-state index contributed by atoms with van der Waals surface area (Å²) < 4.78 is 11.3. The maximum Gasteiger partial charge on any atom is 0.217 e. The third kappa shape index (κ3) is 3.88. The molecule has 0 saturated heterocycles. The van der Waals surface area contributed by atoms with Crippen LogP contribution in [-0.4, -0.2) is 19.6 Å². The summed E-state index contributed by atoms with van der Waals surface area (Å²) in [6.45, 7) is 2.81. The highest BCUT2D eigenvalue weighted by Gasteiger charge is 2.22. The number of rotatable bonds is 5. The predicted octanol–water partition coefficient (Wildman–Crippen LogP) is 3.13. The molecular formula is C20H23NO3. The molecule has 0 saturated carbocycles. The van der Waals surface area contributed by atoms with E-state index in [1.807, 2.05) is 24.3 Å². The van der Waals surface area contributed by atoms with Crippen LogP contribution in [0, 0.1) is 5.92 Å². The van der Waals surface area contributed by atoms with Crippen molar-refractivity contribution < 1.29 is 14.3 Å². The number of hydrogen-bond acceptors (Lipinski definition) is 3. The molecule has 0 spiro atoms. The number of para-hydroxylation sites is 1. The number of carbonyl (C=O) groups excluding carboxylic acids is 1. The summed E-state index contributed by atoms with van der Waals surface area (Å²) in [5.74, 6) is 2.13. The van der Waals surface area contributed by atoms with E-state index in [-0.39, 0.29) is 5.91 Å². The van der Waals surface area contributed by atoms with E-state index in [2.05, 4.69) is 23.5 Å². The summed E-state index contributed by atoms with van der Waals surface area (Å²) >= 11 is 0. The second-order valence-corrected chi connectivity index (χ2v) is 6.26. The van der Waals surface area contributed by atoms with Crippen molar-refractivity contribution in [3.63, 3.8) is 0 Å². The molecule has 3 rings (SSSR count). The Morgan fingerprint density at radius 1 is 1.25 bits per heavy atom. The zero-order valence-electron chi connectivity index (χ0n) is 14.2. The fourth-order valence-corrected chi connectivity index (χ4v) is 3.18. The predicted molar refractivity (Wildman–Crippen MR) is 93.3 cm³/mol. The lowest BCUT2D eigenvalue weighted by Crippen LogP contribution is -2.23. The molecule has 0 radical (unpaired) electrons. The maximum absolute atomic E-state index is 11.1. The number of carbonyl (C=O) groups is 1. The van der Waals surface area contributed by atoms with Gasteiger partial charge < -0.3 is 14.8 Å². The zero-order chi connectivity index (χ0) is 16.9. The lowest BCUT2D eigenvalue weighted by atomic mass is 9.90. The van der Waals surface area contributed by atoms with E-state index < -0.39 is 0 Å². The normalized spacial score (nSPS) is 16.0. The Balaban J connectivity index is 1.67. The quantitative estimate of drug-likeness (QED) is 0.919. The molecule has 1 amide bonds. The first kappa shape index (κ1) is 16.4. The smallest absolute Gasteiger partial charge is 0.217 e. The van der Waals surface area contributed by atoms with Gasteiger partial charge in [0.15, 0.2) is 11.5 Å². The Hall–Kier alpha value is -2.49. The Morgan fingerprint density at radius 3 is 2.83 bits per heavy atom. The van der Waals surface area contributed by atoms with Crippen molar-refractivity contribution in [1.29, 1.82) is 0 Å². The van der Waals surface area contributed by atoms with E-state index in [1.165, 1.54) is 18.1 Å². The van der Waals surface area contributed by atoms with Gasteiger partial charge in [-0.25, -0.2) is 0 Å². The Kier molecular flexibility index (Phi) is 5.04. The Labute approximate surface area is 142 Å². The minimum atomic E-state index is -0.00774. The van der Waals surface area contributed by atoms with Crippen LogP contribution in [0.3, 0.4) is 0 Å². The molecule has 1 aliphatic rings. The third-order valence-electron chi connectivity index (χ3n) is 4.31. The van der Waals surface area contributed by atoms with Gasteiger partial charge >= 0.3 is 0 Å². The van der Waals surface area contributed by atoms with Crippen LogP contribution in [0.15, 0.2) is 42.5 Å². The van der Waals surface area contributed by atoms with Crippen molar-refractivity contribution in [3.8, 4) is 11.5 Å². The summed E-state index contributed by atoms with van der Waals surface area (Å²) in [6.07, 6.45) is 1.95. The molecule has 1 aliphatic heterocycles. The van der Waals surface area contributed by atoms with Crippen LogP contribution in [0.2, 0.25) is 0 Å². The molecule has 1 heterocycles. The average molecular weight is 325 g/mol. The molecule has 0 fully saturated rings. The van der Waals surface area contributed by atoms with E-state index in [1.54, 1.807) is 7.11 Å². The Bertz CT molecular complexity index is 727. The molecule has 126 valence electrons.